The summed E-state index contributed by atoms with van der Waals surface area (Å²) >= 11 is 0. The second-order valence-corrected chi connectivity index (χ2v) is 6.97. The van der Waals surface area contributed by atoms with Crippen LogP contribution >= 0.6 is 0 Å². The average Bonchev–Trinajstić information content (AvgIpc) is 2.78. The quantitative estimate of drug-likeness (QED) is 0.613. The summed E-state index contributed by atoms with van der Waals surface area (Å²) in [6, 6.07) is 14.6. The predicted octanol–water partition coefficient (Wildman–Crippen LogP) is 3.58. The van der Waals surface area contributed by atoms with Crippen LogP contribution in [-0.2, 0) is 22.6 Å². The number of amides is 2. The SMILES string of the molecule is CCNC(=O)C(CC)N(Cc1ccc(OC)cc1)C(=O)COc1ccc(CC)cc1. The zero-order valence-electron chi connectivity index (χ0n) is 18.3. The van der Waals surface area contributed by atoms with E-state index in [2.05, 4.69) is 12.2 Å². The summed E-state index contributed by atoms with van der Waals surface area (Å²) in [5, 5.41) is 2.83. The zero-order valence-corrected chi connectivity index (χ0v) is 18.3. The number of nitrogens with zero attached hydrogens (tertiary/aromatic N) is 1. The summed E-state index contributed by atoms with van der Waals surface area (Å²) < 4.78 is 10.9. The molecule has 2 aromatic carbocycles. The molecule has 162 valence electrons. The fourth-order valence-corrected chi connectivity index (χ4v) is 3.19. The summed E-state index contributed by atoms with van der Waals surface area (Å²) in [7, 11) is 1.61. The number of rotatable bonds is 11. The van der Waals surface area contributed by atoms with Gasteiger partial charge >= 0.3 is 0 Å². The van der Waals surface area contributed by atoms with Gasteiger partial charge in [0.05, 0.1) is 7.11 Å². The molecule has 0 saturated carbocycles. The Balaban J connectivity index is 2.16. The Hall–Kier alpha value is -3.02. The number of hydrogen-bond acceptors (Lipinski definition) is 4. The molecule has 0 aromatic heterocycles. The molecule has 0 fully saturated rings. The predicted molar refractivity (Wildman–Crippen MR) is 118 cm³/mol. The zero-order chi connectivity index (χ0) is 21.9. The molecule has 0 saturated heterocycles. The molecule has 2 amide bonds. The first-order valence-corrected chi connectivity index (χ1v) is 10.4. The third-order valence-corrected chi connectivity index (χ3v) is 4.94. The first-order chi connectivity index (χ1) is 14.5. The minimum absolute atomic E-state index is 0.127. The molecule has 0 aliphatic heterocycles. The van der Waals surface area contributed by atoms with Gasteiger partial charge in [0.1, 0.15) is 17.5 Å². The normalized spacial score (nSPS) is 11.5. The van der Waals surface area contributed by atoms with E-state index in [0.29, 0.717) is 25.3 Å². The Bertz CT molecular complexity index is 803. The topological polar surface area (TPSA) is 67.9 Å². The molecule has 0 radical (unpaired) electrons. The van der Waals surface area contributed by atoms with Crippen LogP contribution in [0.15, 0.2) is 48.5 Å². The molecule has 0 aliphatic carbocycles. The summed E-state index contributed by atoms with van der Waals surface area (Å²) in [4.78, 5) is 27.3. The number of methoxy groups -OCH3 is 1. The number of benzene rings is 2. The van der Waals surface area contributed by atoms with Gasteiger partial charge in [-0.15, -0.1) is 0 Å². The van der Waals surface area contributed by atoms with Crippen molar-refractivity contribution >= 4 is 11.8 Å². The molecule has 1 atom stereocenters. The van der Waals surface area contributed by atoms with Gasteiger partial charge < -0.3 is 19.7 Å². The molecule has 0 heterocycles. The number of likely N-dealkylation sites (N-methyl/N-ethyl adjacent to an activating group) is 1. The fourth-order valence-electron chi connectivity index (χ4n) is 3.19. The highest BCUT2D eigenvalue weighted by Gasteiger charge is 2.28. The van der Waals surface area contributed by atoms with Gasteiger partial charge in [0, 0.05) is 13.1 Å². The third kappa shape index (κ3) is 6.51. The summed E-state index contributed by atoms with van der Waals surface area (Å²) in [6.07, 6.45) is 1.46. The van der Waals surface area contributed by atoms with Gasteiger partial charge in [-0.3, -0.25) is 9.59 Å². The van der Waals surface area contributed by atoms with Crippen LogP contribution in [0.4, 0.5) is 0 Å². The molecule has 6 heteroatoms. The van der Waals surface area contributed by atoms with Crippen LogP contribution in [0.1, 0.15) is 38.3 Å². The van der Waals surface area contributed by atoms with E-state index in [0.717, 1.165) is 17.7 Å². The van der Waals surface area contributed by atoms with Crippen molar-refractivity contribution < 1.29 is 19.1 Å². The van der Waals surface area contributed by atoms with Crippen molar-refractivity contribution in [2.24, 2.45) is 0 Å². The molecule has 2 aromatic rings. The lowest BCUT2D eigenvalue weighted by Crippen LogP contribution is -2.50. The van der Waals surface area contributed by atoms with Crippen molar-refractivity contribution in [1.29, 1.82) is 0 Å². The van der Waals surface area contributed by atoms with E-state index < -0.39 is 6.04 Å². The highest BCUT2D eigenvalue weighted by Crippen LogP contribution is 2.17. The van der Waals surface area contributed by atoms with Crippen LogP contribution in [0, 0.1) is 0 Å². The molecular weight excluding hydrogens is 380 g/mol. The van der Waals surface area contributed by atoms with Gasteiger partial charge in [0.15, 0.2) is 6.61 Å². The number of hydrogen-bond donors (Lipinski definition) is 1. The molecule has 2 rings (SSSR count). The van der Waals surface area contributed by atoms with E-state index >= 15 is 0 Å². The maximum atomic E-state index is 13.1. The van der Waals surface area contributed by atoms with Crippen LogP contribution in [0.5, 0.6) is 11.5 Å². The van der Waals surface area contributed by atoms with Crippen LogP contribution in [0.2, 0.25) is 0 Å². The Morgan fingerprint density at radius 2 is 1.53 bits per heavy atom. The molecule has 30 heavy (non-hydrogen) atoms. The molecule has 1 unspecified atom stereocenters. The van der Waals surface area contributed by atoms with Crippen LogP contribution in [0.25, 0.3) is 0 Å². The summed E-state index contributed by atoms with van der Waals surface area (Å²) in [5.41, 5.74) is 2.12. The largest absolute Gasteiger partial charge is 0.497 e. The van der Waals surface area contributed by atoms with Gasteiger partial charge in [-0.05, 0) is 55.2 Å². The summed E-state index contributed by atoms with van der Waals surface area (Å²) in [6.45, 7) is 6.55. The third-order valence-electron chi connectivity index (χ3n) is 4.94. The van der Waals surface area contributed by atoms with Crippen molar-refractivity contribution in [1.82, 2.24) is 10.2 Å². The molecular formula is C24H32N2O4. The smallest absolute Gasteiger partial charge is 0.261 e. The minimum Gasteiger partial charge on any atom is -0.497 e. The lowest BCUT2D eigenvalue weighted by atomic mass is 10.1. The van der Waals surface area contributed by atoms with Crippen LogP contribution in [-0.4, -0.2) is 43.0 Å². The first kappa shape index (κ1) is 23.3. The lowest BCUT2D eigenvalue weighted by molar-refractivity contribution is -0.142. The minimum atomic E-state index is -0.564. The Labute approximate surface area is 179 Å². The van der Waals surface area contributed by atoms with E-state index in [1.54, 1.807) is 12.0 Å². The Morgan fingerprint density at radius 1 is 0.933 bits per heavy atom. The van der Waals surface area contributed by atoms with Crippen molar-refractivity contribution in [3.8, 4) is 11.5 Å². The number of aryl methyl sites for hydroxylation is 1. The molecule has 0 aliphatic rings. The van der Waals surface area contributed by atoms with Crippen molar-refractivity contribution in [3.63, 3.8) is 0 Å². The molecule has 6 nitrogen and oxygen atoms in total. The number of nitrogens with one attached hydrogen (secondary N) is 1. The maximum Gasteiger partial charge on any atom is 0.261 e. The van der Waals surface area contributed by atoms with E-state index in [1.807, 2.05) is 62.4 Å². The van der Waals surface area contributed by atoms with E-state index in [1.165, 1.54) is 5.56 Å². The van der Waals surface area contributed by atoms with Crippen LogP contribution in [0.3, 0.4) is 0 Å². The van der Waals surface area contributed by atoms with Gasteiger partial charge in [-0.2, -0.15) is 0 Å². The lowest BCUT2D eigenvalue weighted by Gasteiger charge is -2.30. The van der Waals surface area contributed by atoms with Crippen LogP contribution < -0.4 is 14.8 Å². The Morgan fingerprint density at radius 3 is 2.07 bits per heavy atom. The number of ether oxygens (including phenoxy) is 2. The van der Waals surface area contributed by atoms with Gasteiger partial charge in [0.25, 0.3) is 5.91 Å². The van der Waals surface area contributed by atoms with Crippen molar-refractivity contribution in [3.05, 3.63) is 59.7 Å². The van der Waals surface area contributed by atoms with E-state index in [9.17, 15) is 9.59 Å². The van der Waals surface area contributed by atoms with Gasteiger partial charge in [-0.25, -0.2) is 0 Å². The number of carbonyl (C=O) groups excluding carboxylic acids is 2. The van der Waals surface area contributed by atoms with Gasteiger partial charge in [-0.1, -0.05) is 38.1 Å². The van der Waals surface area contributed by atoms with Crippen molar-refractivity contribution in [2.45, 2.75) is 46.2 Å². The van der Waals surface area contributed by atoms with E-state index in [4.69, 9.17) is 9.47 Å². The second kappa shape index (κ2) is 11.9. The second-order valence-electron chi connectivity index (χ2n) is 6.97. The maximum absolute atomic E-state index is 13.1. The Kier molecular flexibility index (Phi) is 9.19. The highest BCUT2D eigenvalue weighted by atomic mass is 16.5. The molecule has 0 bridgehead atoms. The number of carbonyl (C=O) groups is 2. The standard InChI is InChI=1S/C24H32N2O4/c1-5-18-8-14-21(15-9-18)30-17-23(27)26(22(6-2)24(28)25-7-3)16-19-10-12-20(29-4)13-11-19/h8-15,22H,5-7,16-17H2,1-4H3,(H,25,28). The van der Waals surface area contributed by atoms with Gasteiger partial charge in [0.2, 0.25) is 5.91 Å². The molecule has 0 spiro atoms. The monoisotopic (exact) mass is 412 g/mol. The van der Waals surface area contributed by atoms with Crippen molar-refractivity contribution in [2.75, 3.05) is 20.3 Å². The first-order valence-electron chi connectivity index (χ1n) is 10.4. The van der Waals surface area contributed by atoms with E-state index in [-0.39, 0.29) is 18.4 Å². The highest BCUT2D eigenvalue weighted by molar-refractivity contribution is 5.88. The molecule has 1 N–H and O–H groups in total. The average molecular weight is 413 g/mol. The summed E-state index contributed by atoms with van der Waals surface area (Å²) in [5.74, 6) is 0.986. The fraction of sp³-hybridized carbons (Fsp3) is 0.417.